The Morgan fingerprint density at radius 1 is 1.15 bits per heavy atom. The largest absolute Gasteiger partial charge is 0.338 e. The van der Waals surface area contributed by atoms with Crippen LogP contribution in [0.25, 0.3) is 22.4 Å². The second-order valence-electron chi connectivity index (χ2n) is 4.86. The summed E-state index contributed by atoms with van der Waals surface area (Å²) in [7, 11) is 0. The molecule has 1 aromatic heterocycles. The first kappa shape index (κ1) is 12.9. The minimum Gasteiger partial charge on any atom is -0.338 e. The maximum absolute atomic E-state index is 11.5. The SMILES string of the molecule is Cc1cc2nc(-c3ccccc3C(=O)Cl)[nH]c2cc1C. The Bertz CT molecular complexity index is 781. The van der Waals surface area contributed by atoms with E-state index < -0.39 is 5.24 Å². The number of halogens is 1. The van der Waals surface area contributed by atoms with Crippen molar-refractivity contribution in [2.24, 2.45) is 0 Å². The van der Waals surface area contributed by atoms with Gasteiger partial charge in [0, 0.05) is 11.1 Å². The average Bonchev–Trinajstić information content (AvgIpc) is 2.82. The lowest BCUT2D eigenvalue weighted by atomic mass is 10.1. The number of carbonyl (C=O) groups excluding carboxylic acids is 1. The summed E-state index contributed by atoms with van der Waals surface area (Å²) in [5, 5.41) is -0.478. The summed E-state index contributed by atoms with van der Waals surface area (Å²) in [6, 6.07) is 11.3. The number of carbonyl (C=O) groups is 1. The van der Waals surface area contributed by atoms with Crippen LogP contribution in [-0.4, -0.2) is 15.2 Å². The number of nitrogens with one attached hydrogen (secondary N) is 1. The van der Waals surface area contributed by atoms with E-state index in [2.05, 4.69) is 29.9 Å². The van der Waals surface area contributed by atoms with Crippen LogP contribution >= 0.6 is 11.6 Å². The molecule has 0 atom stereocenters. The minimum atomic E-state index is -0.478. The Balaban J connectivity index is 2.23. The molecule has 0 radical (unpaired) electrons. The number of rotatable bonds is 2. The van der Waals surface area contributed by atoms with E-state index in [-0.39, 0.29) is 0 Å². The van der Waals surface area contributed by atoms with Crippen molar-refractivity contribution in [3.63, 3.8) is 0 Å². The van der Waals surface area contributed by atoms with Gasteiger partial charge in [-0.2, -0.15) is 0 Å². The highest BCUT2D eigenvalue weighted by atomic mass is 35.5. The fourth-order valence-corrected chi connectivity index (χ4v) is 2.42. The molecule has 0 aliphatic heterocycles. The van der Waals surface area contributed by atoms with Crippen LogP contribution in [0.5, 0.6) is 0 Å². The zero-order valence-electron chi connectivity index (χ0n) is 11.2. The first-order valence-corrected chi connectivity index (χ1v) is 6.70. The number of nitrogens with zero attached hydrogens (tertiary/aromatic N) is 1. The average molecular weight is 285 g/mol. The standard InChI is InChI=1S/C16H13ClN2O/c1-9-7-13-14(8-10(9)2)19-16(18-13)12-6-4-3-5-11(12)15(17)20/h3-8H,1-2H3,(H,18,19). The number of aromatic amines is 1. The van der Waals surface area contributed by atoms with Crippen LogP contribution in [0, 0.1) is 13.8 Å². The van der Waals surface area contributed by atoms with Gasteiger partial charge < -0.3 is 4.98 Å². The van der Waals surface area contributed by atoms with E-state index in [0.717, 1.165) is 16.6 Å². The van der Waals surface area contributed by atoms with E-state index >= 15 is 0 Å². The Morgan fingerprint density at radius 2 is 1.85 bits per heavy atom. The third kappa shape index (κ3) is 2.10. The fraction of sp³-hybridized carbons (Fsp3) is 0.125. The Morgan fingerprint density at radius 3 is 2.60 bits per heavy atom. The second-order valence-corrected chi connectivity index (χ2v) is 5.20. The van der Waals surface area contributed by atoms with Gasteiger partial charge in [0.15, 0.2) is 0 Å². The molecule has 0 spiro atoms. The van der Waals surface area contributed by atoms with Gasteiger partial charge in [-0.25, -0.2) is 4.98 Å². The molecule has 0 unspecified atom stereocenters. The van der Waals surface area contributed by atoms with Crippen molar-refractivity contribution in [2.75, 3.05) is 0 Å². The van der Waals surface area contributed by atoms with Crippen molar-refractivity contribution in [1.29, 1.82) is 0 Å². The summed E-state index contributed by atoms with van der Waals surface area (Å²) >= 11 is 5.63. The summed E-state index contributed by atoms with van der Waals surface area (Å²) < 4.78 is 0. The first-order valence-electron chi connectivity index (χ1n) is 6.32. The zero-order valence-corrected chi connectivity index (χ0v) is 12.0. The molecule has 100 valence electrons. The number of H-pyrrole nitrogens is 1. The van der Waals surface area contributed by atoms with E-state index in [1.807, 2.05) is 18.2 Å². The van der Waals surface area contributed by atoms with E-state index in [1.54, 1.807) is 12.1 Å². The number of hydrogen-bond donors (Lipinski definition) is 1. The number of aryl methyl sites for hydroxylation is 2. The number of hydrogen-bond acceptors (Lipinski definition) is 2. The highest BCUT2D eigenvalue weighted by Crippen LogP contribution is 2.26. The lowest BCUT2D eigenvalue weighted by molar-refractivity contribution is 0.108. The van der Waals surface area contributed by atoms with Gasteiger partial charge in [0.2, 0.25) is 0 Å². The van der Waals surface area contributed by atoms with E-state index in [4.69, 9.17) is 11.6 Å². The van der Waals surface area contributed by atoms with Crippen molar-refractivity contribution < 1.29 is 4.79 Å². The number of fused-ring (bicyclic) bond motifs is 1. The van der Waals surface area contributed by atoms with Crippen LogP contribution in [0.4, 0.5) is 0 Å². The summed E-state index contributed by atoms with van der Waals surface area (Å²) in [5.41, 5.74) is 5.42. The smallest absolute Gasteiger partial charge is 0.253 e. The molecule has 0 aliphatic rings. The maximum Gasteiger partial charge on any atom is 0.253 e. The molecule has 0 aliphatic carbocycles. The molecule has 20 heavy (non-hydrogen) atoms. The minimum absolute atomic E-state index is 0.460. The third-order valence-corrected chi connectivity index (χ3v) is 3.69. The lowest BCUT2D eigenvalue weighted by Crippen LogP contribution is -1.94. The van der Waals surface area contributed by atoms with Gasteiger partial charge in [-0.05, 0) is 54.8 Å². The van der Waals surface area contributed by atoms with Crippen molar-refractivity contribution in [2.45, 2.75) is 13.8 Å². The molecule has 0 saturated carbocycles. The van der Waals surface area contributed by atoms with Gasteiger partial charge in [-0.1, -0.05) is 18.2 Å². The van der Waals surface area contributed by atoms with Gasteiger partial charge in [0.25, 0.3) is 5.24 Å². The normalized spacial score (nSPS) is 10.9. The molecule has 0 saturated heterocycles. The van der Waals surface area contributed by atoms with Crippen LogP contribution in [0.1, 0.15) is 21.5 Å². The Hall–Kier alpha value is -2.13. The van der Waals surface area contributed by atoms with E-state index in [9.17, 15) is 4.79 Å². The third-order valence-electron chi connectivity index (χ3n) is 3.49. The number of aromatic nitrogens is 2. The number of benzene rings is 2. The summed E-state index contributed by atoms with van der Waals surface area (Å²) in [5.74, 6) is 0.662. The lowest BCUT2D eigenvalue weighted by Gasteiger charge is -2.01. The first-order chi connectivity index (χ1) is 9.56. The van der Waals surface area contributed by atoms with Crippen molar-refractivity contribution in [3.05, 3.63) is 53.1 Å². The van der Waals surface area contributed by atoms with Crippen molar-refractivity contribution in [1.82, 2.24) is 9.97 Å². The van der Waals surface area contributed by atoms with E-state index in [0.29, 0.717) is 11.4 Å². The molecule has 0 amide bonds. The van der Waals surface area contributed by atoms with Crippen LogP contribution < -0.4 is 0 Å². The maximum atomic E-state index is 11.5. The van der Waals surface area contributed by atoms with Gasteiger partial charge in [0.05, 0.1) is 11.0 Å². The molecule has 3 aromatic rings. The topological polar surface area (TPSA) is 45.8 Å². The molecule has 1 heterocycles. The van der Waals surface area contributed by atoms with Gasteiger partial charge in [0.1, 0.15) is 5.82 Å². The Labute approximate surface area is 121 Å². The quantitative estimate of drug-likeness (QED) is 0.716. The molecule has 2 aromatic carbocycles. The highest BCUT2D eigenvalue weighted by molar-refractivity contribution is 6.68. The molecule has 0 fully saturated rings. The summed E-state index contributed by atoms with van der Waals surface area (Å²) in [4.78, 5) is 19.3. The molecular weight excluding hydrogens is 272 g/mol. The fourth-order valence-electron chi connectivity index (χ4n) is 2.26. The Kier molecular flexibility index (Phi) is 3.07. The molecule has 4 heteroatoms. The van der Waals surface area contributed by atoms with Gasteiger partial charge in [-0.15, -0.1) is 0 Å². The summed E-state index contributed by atoms with van der Waals surface area (Å²) in [6.45, 7) is 4.12. The van der Waals surface area contributed by atoms with Crippen LogP contribution in [-0.2, 0) is 0 Å². The number of imidazole rings is 1. The van der Waals surface area contributed by atoms with Gasteiger partial charge >= 0.3 is 0 Å². The van der Waals surface area contributed by atoms with E-state index in [1.165, 1.54) is 11.1 Å². The predicted octanol–water partition coefficient (Wildman–Crippen LogP) is 4.23. The van der Waals surface area contributed by atoms with Crippen molar-refractivity contribution in [3.8, 4) is 11.4 Å². The van der Waals surface area contributed by atoms with Gasteiger partial charge in [-0.3, -0.25) is 4.79 Å². The summed E-state index contributed by atoms with van der Waals surface area (Å²) in [6.07, 6.45) is 0. The van der Waals surface area contributed by atoms with Crippen LogP contribution in [0.2, 0.25) is 0 Å². The molecule has 1 N–H and O–H groups in total. The zero-order chi connectivity index (χ0) is 14.3. The monoisotopic (exact) mass is 284 g/mol. The molecule has 3 rings (SSSR count). The molecular formula is C16H13ClN2O. The molecule has 3 nitrogen and oxygen atoms in total. The predicted molar refractivity (Wildman–Crippen MR) is 81.2 cm³/mol. The van der Waals surface area contributed by atoms with Crippen LogP contribution in [0.15, 0.2) is 36.4 Å². The highest BCUT2D eigenvalue weighted by Gasteiger charge is 2.13. The second kappa shape index (κ2) is 4.76. The van der Waals surface area contributed by atoms with Crippen LogP contribution in [0.3, 0.4) is 0 Å². The van der Waals surface area contributed by atoms with Crippen molar-refractivity contribution >= 4 is 27.9 Å². The molecule has 0 bridgehead atoms.